The van der Waals surface area contributed by atoms with Crippen LogP contribution in [0.3, 0.4) is 0 Å². The predicted octanol–water partition coefficient (Wildman–Crippen LogP) is 0.349. The van der Waals surface area contributed by atoms with Gasteiger partial charge in [-0.15, -0.1) is 0 Å². The van der Waals surface area contributed by atoms with E-state index in [9.17, 15) is 0 Å². The van der Waals surface area contributed by atoms with Crippen LogP contribution in [0.1, 0.15) is 20.8 Å². The highest BCUT2D eigenvalue weighted by Crippen LogP contribution is 2.24. The first-order chi connectivity index (χ1) is 8.53. The second-order valence-corrected chi connectivity index (χ2v) is 5.29. The maximum Gasteiger partial charge on any atom is 0.176 e. The summed E-state index contributed by atoms with van der Waals surface area (Å²) in [5.74, 6) is 0. The van der Waals surface area contributed by atoms with Crippen molar-refractivity contribution in [3.63, 3.8) is 0 Å². The van der Waals surface area contributed by atoms with Gasteiger partial charge < -0.3 is 15.2 Å². The number of hydrogen-bond donors (Lipinski definition) is 1. The Bertz CT molecular complexity index is 248. The van der Waals surface area contributed by atoms with Gasteiger partial charge in [0.25, 0.3) is 0 Å². The number of methoxy groups -OCH3 is 2. The Labute approximate surface area is 111 Å². The van der Waals surface area contributed by atoms with Crippen LogP contribution in [0.2, 0.25) is 0 Å². The first kappa shape index (κ1) is 15.9. The third-order valence-corrected chi connectivity index (χ3v) is 4.24. The summed E-state index contributed by atoms with van der Waals surface area (Å²) in [5, 5.41) is 0. The molecule has 108 valence electrons. The average molecular weight is 259 g/mol. The molecule has 0 radical (unpaired) electrons. The molecule has 0 spiro atoms. The fourth-order valence-corrected chi connectivity index (χ4v) is 2.91. The first-order valence-electron chi connectivity index (χ1n) is 6.78. The fourth-order valence-electron chi connectivity index (χ4n) is 2.91. The van der Waals surface area contributed by atoms with Gasteiger partial charge in [0.05, 0.1) is 5.54 Å². The second kappa shape index (κ2) is 6.82. The van der Waals surface area contributed by atoms with E-state index >= 15 is 0 Å². The van der Waals surface area contributed by atoms with Crippen molar-refractivity contribution in [3.05, 3.63) is 0 Å². The van der Waals surface area contributed by atoms with E-state index in [0.717, 1.165) is 26.2 Å². The highest BCUT2D eigenvalue weighted by atomic mass is 16.7. The first-order valence-corrected chi connectivity index (χ1v) is 6.78. The minimum atomic E-state index is -0.289. The maximum atomic E-state index is 5.99. The van der Waals surface area contributed by atoms with Crippen LogP contribution in [-0.2, 0) is 9.47 Å². The predicted molar refractivity (Wildman–Crippen MR) is 73.5 cm³/mol. The van der Waals surface area contributed by atoms with Gasteiger partial charge >= 0.3 is 0 Å². The second-order valence-electron chi connectivity index (χ2n) is 5.29. The van der Waals surface area contributed by atoms with Crippen LogP contribution < -0.4 is 5.73 Å². The van der Waals surface area contributed by atoms with E-state index in [-0.39, 0.29) is 11.8 Å². The monoisotopic (exact) mass is 259 g/mol. The van der Waals surface area contributed by atoms with Gasteiger partial charge in [0.15, 0.2) is 6.29 Å². The molecule has 2 unspecified atom stereocenters. The molecule has 1 heterocycles. The highest BCUT2D eigenvalue weighted by molar-refractivity contribution is 4.95. The molecule has 2 N–H and O–H groups in total. The summed E-state index contributed by atoms with van der Waals surface area (Å²) in [4.78, 5) is 4.89. The van der Waals surface area contributed by atoms with E-state index in [0.29, 0.717) is 12.6 Å². The number of nitrogens with zero attached hydrogens (tertiary/aromatic N) is 2. The number of piperazine rings is 1. The lowest BCUT2D eigenvalue weighted by molar-refractivity contribution is -0.188. The van der Waals surface area contributed by atoms with Crippen LogP contribution in [0.25, 0.3) is 0 Å². The third-order valence-electron chi connectivity index (χ3n) is 4.24. The van der Waals surface area contributed by atoms with Crippen molar-refractivity contribution in [2.45, 2.75) is 38.6 Å². The van der Waals surface area contributed by atoms with Crippen molar-refractivity contribution >= 4 is 0 Å². The van der Waals surface area contributed by atoms with E-state index < -0.39 is 0 Å². The summed E-state index contributed by atoms with van der Waals surface area (Å²) < 4.78 is 10.9. The van der Waals surface area contributed by atoms with Crippen molar-refractivity contribution in [1.82, 2.24) is 9.80 Å². The minimum absolute atomic E-state index is 0.266. The highest BCUT2D eigenvalue weighted by Gasteiger charge is 2.42. The molecule has 18 heavy (non-hydrogen) atoms. The molecular formula is C13H29N3O2. The van der Waals surface area contributed by atoms with E-state index in [1.165, 1.54) is 0 Å². The van der Waals surface area contributed by atoms with Crippen molar-refractivity contribution < 1.29 is 9.47 Å². The van der Waals surface area contributed by atoms with Gasteiger partial charge in [-0.25, -0.2) is 0 Å². The molecule has 1 rings (SSSR count). The molecule has 0 aliphatic carbocycles. The quantitative estimate of drug-likeness (QED) is 0.698. The molecule has 1 aliphatic rings. The zero-order valence-electron chi connectivity index (χ0n) is 12.5. The largest absolute Gasteiger partial charge is 0.354 e. The van der Waals surface area contributed by atoms with Gasteiger partial charge in [-0.05, 0) is 20.4 Å². The summed E-state index contributed by atoms with van der Waals surface area (Å²) in [6.07, 6.45) is -0.289. The van der Waals surface area contributed by atoms with Crippen LogP contribution in [0.4, 0.5) is 0 Å². The Morgan fingerprint density at radius 3 is 2.33 bits per heavy atom. The van der Waals surface area contributed by atoms with Crippen LogP contribution in [0.15, 0.2) is 0 Å². The lowest BCUT2D eigenvalue weighted by atomic mass is 9.96. The normalized spacial score (nSPS) is 26.5. The number of ether oxygens (including phenoxy) is 2. The molecule has 1 fully saturated rings. The molecule has 0 aromatic rings. The van der Waals surface area contributed by atoms with Gasteiger partial charge in [-0.3, -0.25) is 9.80 Å². The lowest BCUT2D eigenvalue weighted by Gasteiger charge is -2.50. The van der Waals surface area contributed by atoms with Crippen LogP contribution in [0.5, 0.6) is 0 Å². The molecule has 5 nitrogen and oxygen atoms in total. The number of rotatable bonds is 6. The minimum Gasteiger partial charge on any atom is -0.354 e. The Morgan fingerprint density at radius 1 is 1.33 bits per heavy atom. The Hall–Kier alpha value is -0.200. The molecular weight excluding hydrogens is 230 g/mol. The van der Waals surface area contributed by atoms with Gasteiger partial charge in [0.1, 0.15) is 0 Å². The number of hydrogen-bond acceptors (Lipinski definition) is 5. The van der Waals surface area contributed by atoms with Crippen molar-refractivity contribution in [1.29, 1.82) is 0 Å². The molecule has 5 heteroatoms. The smallest absolute Gasteiger partial charge is 0.176 e. The Balaban J connectivity index is 2.77. The van der Waals surface area contributed by atoms with E-state index in [4.69, 9.17) is 15.2 Å². The van der Waals surface area contributed by atoms with Crippen molar-refractivity contribution in [3.8, 4) is 0 Å². The molecule has 0 aromatic heterocycles. The molecule has 0 saturated carbocycles. The Kier molecular flexibility index (Phi) is 6.01. The van der Waals surface area contributed by atoms with Gasteiger partial charge in [0, 0.05) is 46.4 Å². The average Bonchev–Trinajstić information content (AvgIpc) is 2.39. The molecule has 0 amide bonds. The summed E-state index contributed by atoms with van der Waals surface area (Å²) >= 11 is 0. The zero-order chi connectivity index (χ0) is 13.8. The number of likely N-dealkylation sites (N-methyl/N-ethyl adjacent to an activating group) is 1. The summed E-state index contributed by atoms with van der Waals surface area (Å²) in [6.45, 7) is 11.3. The number of nitrogens with two attached hydrogens (primary N) is 1. The topological polar surface area (TPSA) is 51.0 Å². The van der Waals surface area contributed by atoms with Crippen LogP contribution in [0, 0.1) is 0 Å². The van der Waals surface area contributed by atoms with Crippen LogP contribution >= 0.6 is 0 Å². The van der Waals surface area contributed by atoms with Crippen LogP contribution in [-0.4, -0.2) is 74.6 Å². The van der Waals surface area contributed by atoms with Gasteiger partial charge in [-0.1, -0.05) is 6.92 Å². The SMILES string of the molecule is CCN1CCN(C(C)(CN)C(OC)OC)CC1C. The fraction of sp³-hybridized carbons (Fsp3) is 1.00. The van der Waals surface area contributed by atoms with Gasteiger partial charge in [-0.2, -0.15) is 0 Å². The third kappa shape index (κ3) is 3.03. The van der Waals surface area contributed by atoms with Crippen molar-refractivity contribution in [2.75, 3.05) is 46.9 Å². The molecule has 2 atom stereocenters. The van der Waals surface area contributed by atoms with Crippen molar-refractivity contribution in [2.24, 2.45) is 5.73 Å². The zero-order valence-corrected chi connectivity index (χ0v) is 12.5. The summed E-state index contributed by atoms with van der Waals surface area (Å²) in [5.41, 5.74) is 5.72. The van der Waals surface area contributed by atoms with Gasteiger partial charge in [0.2, 0.25) is 0 Å². The standard InChI is InChI=1S/C13H29N3O2/c1-6-15-7-8-16(9-11(15)2)13(3,10-14)12(17-4)18-5/h11-12H,6-10,14H2,1-5H3. The molecule has 1 saturated heterocycles. The van der Waals surface area contributed by atoms with E-state index in [1.54, 1.807) is 14.2 Å². The van der Waals surface area contributed by atoms with E-state index in [2.05, 4.69) is 30.6 Å². The molecule has 0 bridgehead atoms. The maximum absolute atomic E-state index is 5.99. The summed E-state index contributed by atoms with van der Waals surface area (Å²) in [7, 11) is 3.35. The van der Waals surface area contributed by atoms with E-state index in [1.807, 2.05) is 0 Å². The molecule has 1 aliphatic heterocycles. The lowest BCUT2D eigenvalue weighted by Crippen LogP contribution is -2.66. The molecule has 0 aromatic carbocycles. The summed E-state index contributed by atoms with van der Waals surface area (Å²) in [6, 6.07) is 0.545. The Morgan fingerprint density at radius 2 is 1.94 bits per heavy atom.